The van der Waals surface area contributed by atoms with Crippen molar-refractivity contribution in [3.8, 4) is 0 Å². The van der Waals surface area contributed by atoms with Crippen molar-refractivity contribution >= 4 is 17.3 Å². The van der Waals surface area contributed by atoms with E-state index in [1.807, 2.05) is 23.1 Å². The van der Waals surface area contributed by atoms with Gasteiger partial charge in [0.05, 0.1) is 0 Å². The Morgan fingerprint density at radius 3 is 2.89 bits per heavy atom. The zero-order chi connectivity index (χ0) is 12.5. The maximum absolute atomic E-state index is 12.5. The number of hydrogen-bond acceptors (Lipinski definition) is 3. The van der Waals surface area contributed by atoms with Crippen LogP contribution in [-0.4, -0.2) is 25.7 Å². The molecule has 0 saturated carbocycles. The van der Waals surface area contributed by atoms with Crippen LogP contribution in [0.3, 0.4) is 0 Å². The standard InChI is InChI=1S/C14H18N2O2/c15-12-2-1-10-3-6-16(13(10)9-12)14(17)11-4-7-18-8-5-11/h1-2,9,11H,3-8,15H2. The van der Waals surface area contributed by atoms with Gasteiger partial charge in [-0.1, -0.05) is 6.07 Å². The summed E-state index contributed by atoms with van der Waals surface area (Å²) in [6.07, 6.45) is 2.62. The molecule has 96 valence electrons. The average molecular weight is 246 g/mol. The molecule has 2 aliphatic heterocycles. The first-order valence-corrected chi connectivity index (χ1v) is 6.53. The smallest absolute Gasteiger partial charge is 0.230 e. The number of amides is 1. The van der Waals surface area contributed by atoms with E-state index < -0.39 is 0 Å². The van der Waals surface area contributed by atoms with Crippen LogP contribution in [0.5, 0.6) is 0 Å². The average Bonchev–Trinajstić information content (AvgIpc) is 2.82. The molecule has 2 heterocycles. The molecule has 0 atom stereocenters. The van der Waals surface area contributed by atoms with E-state index in [1.165, 1.54) is 5.56 Å². The van der Waals surface area contributed by atoms with Crippen LogP contribution in [0.2, 0.25) is 0 Å². The maximum atomic E-state index is 12.5. The third-order valence-electron chi connectivity index (χ3n) is 3.84. The minimum absolute atomic E-state index is 0.117. The van der Waals surface area contributed by atoms with E-state index in [-0.39, 0.29) is 11.8 Å². The predicted molar refractivity (Wildman–Crippen MR) is 70.5 cm³/mol. The van der Waals surface area contributed by atoms with Gasteiger partial charge < -0.3 is 15.4 Å². The first-order chi connectivity index (χ1) is 8.75. The molecule has 0 aliphatic carbocycles. The van der Waals surface area contributed by atoms with E-state index in [4.69, 9.17) is 10.5 Å². The molecular formula is C14H18N2O2. The van der Waals surface area contributed by atoms with Crippen LogP contribution in [0.25, 0.3) is 0 Å². The Hall–Kier alpha value is -1.55. The summed E-state index contributed by atoms with van der Waals surface area (Å²) in [7, 11) is 0. The molecule has 1 saturated heterocycles. The molecule has 4 nitrogen and oxygen atoms in total. The van der Waals surface area contributed by atoms with Crippen molar-refractivity contribution in [2.24, 2.45) is 5.92 Å². The molecule has 4 heteroatoms. The highest BCUT2D eigenvalue weighted by Gasteiger charge is 2.31. The van der Waals surface area contributed by atoms with Gasteiger partial charge >= 0.3 is 0 Å². The Kier molecular flexibility index (Phi) is 2.96. The van der Waals surface area contributed by atoms with Gasteiger partial charge in [-0.25, -0.2) is 0 Å². The van der Waals surface area contributed by atoms with Crippen molar-refractivity contribution in [3.63, 3.8) is 0 Å². The monoisotopic (exact) mass is 246 g/mol. The van der Waals surface area contributed by atoms with E-state index in [2.05, 4.69) is 0 Å². The van der Waals surface area contributed by atoms with Gasteiger partial charge in [0.1, 0.15) is 0 Å². The fourth-order valence-corrected chi connectivity index (χ4v) is 2.79. The lowest BCUT2D eigenvalue weighted by atomic mass is 9.98. The van der Waals surface area contributed by atoms with E-state index in [1.54, 1.807) is 0 Å². The number of hydrogen-bond donors (Lipinski definition) is 1. The molecule has 2 N–H and O–H groups in total. The third-order valence-corrected chi connectivity index (χ3v) is 3.84. The number of carbonyl (C=O) groups is 1. The first-order valence-electron chi connectivity index (χ1n) is 6.53. The Balaban J connectivity index is 1.82. The van der Waals surface area contributed by atoms with Gasteiger partial charge in [0.2, 0.25) is 5.91 Å². The number of benzene rings is 1. The second kappa shape index (κ2) is 4.61. The zero-order valence-corrected chi connectivity index (χ0v) is 10.4. The fraction of sp³-hybridized carbons (Fsp3) is 0.500. The van der Waals surface area contributed by atoms with Crippen molar-refractivity contribution in [1.82, 2.24) is 0 Å². The minimum Gasteiger partial charge on any atom is -0.399 e. The van der Waals surface area contributed by atoms with E-state index in [0.717, 1.165) is 37.2 Å². The predicted octanol–water partition coefficient (Wildman–Crippen LogP) is 1.58. The normalized spacial score (nSPS) is 19.9. The van der Waals surface area contributed by atoms with Crippen molar-refractivity contribution in [3.05, 3.63) is 23.8 Å². The Bertz CT molecular complexity index is 467. The highest BCUT2D eigenvalue weighted by molar-refractivity contribution is 5.97. The molecule has 0 aromatic heterocycles. The molecule has 0 radical (unpaired) electrons. The molecule has 1 amide bonds. The number of carbonyl (C=O) groups excluding carboxylic acids is 1. The summed E-state index contributed by atoms with van der Waals surface area (Å²) < 4.78 is 5.31. The molecule has 0 bridgehead atoms. The Morgan fingerprint density at radius 1 is 1.33 bits per heavy atom. The van der Waals surface area contributed by atoms with Crippen LogP contribution >= 0.6 is 0 Å². The van der Waals surface area contributed by atoms with Gasteiger partial charge in [-0.05, 0) is 37.0 Å². The summed E-state index contributed by atoms with van der Waals surface area (Å²) in [5, 5.41) is 0. The van der Waals surface area contributed by atoms with Crippen LogP contribution in [0, 0.1) is 5.92 Å². The van der Waals surface area contributed by atoms with E-state index >= 15 is 0 Å². The zero-order valence-electron chi connectivity index (χ0n) is 10.4. The summed E-state index contributed by atoms with van der Waals surface area (Å²) in [4.78, 5) is 14.4. The molecular weight excluding hydrogens is 228 g/mol. The van der Waals surface area contributed by atoms with Gasteiger partial charge in [-0.3, -0.25) is 4.79 Å². The number of nitrogens with zero attached hydrogens (tertiary/aromatic N) is 1. The molecule has 1 aromatic carbocycles. The van der Waals surface area contributed by atoms with E-state index in [9.17, 15) is 4.79 Å². The number of nitrogens with two attached hydrogens (primary N) is 1. The van der Waals surface area contributed by atoms with Crippen molar-refractivity contribution < 1.29 is 9.53 Å². The lowest BCUT2D eigenvalue weighted by Gasteiger charge is -2.26. The van der Waals surface area contributed by atoms with Gasteiger partial charge in [-0.15, -0.1) is 0 Å². The van der Waals surface area contributed by atoms with Gasteiger partial charge in [0.25, 0.3) is 0 Å². The van der Waals surface area contributed by atoms with Gasteiger partial charge in [-0.2, -0.15) is 0 Å². The first kappa shape index (κ1) is 11.5. The number of nitrogen functional groups attached to an aromatic ring is 1. The third kappa shape index (κ3) is 1.97. The maximum Gasteiger partial charge on any atom is 0.230 e. The molecule has 1 fully saturated rings. The van der Waals surface area contributed by atoms with Gasteiger partial charge in [0.15, 0.2) is 0 Å². The van der Waals surface area contributed by atoms with Crippen molar-refractivity contribution in [2.75, 3.05) is 30.4 Å². The largest absolute Gasteiger partial charge is 0.399 e. The summed E-state index contributed by atoms with van der Waals surface area (Å²) in [5.74, 6) is 0.355. The molecule has 0 unspecified atom stereocenters. The van der Waals surface area contributed by atoms with E-state index in [0.29, 0.717) is 13.2 Å². The minimum atomic E-state index is 0.117. The second-order valence-corrected chi connectivity index (χ2v) is 5.01. The molecule has 2 aliphatic rings. The lowest BCUT2D eigenvalue weighted by Crippen LogP contribution is -2.37. The SMILES string of the molecule is Nc1ccc2c(c1)N(C(=O)C1CCOCC1)CC2. The van der Waals surface area contributed by atoms with Crippen LogP contribution in [0.1, 0.15) is 18.4 Å². The summed E-state index contributed by atoms with van der Waals surface area (Å²) in [6.45, 7) is 2.19. The summed E-state index contributed by atoms with van der Waals surface area (Å²) in [5.41, 5.74) is 8.77. The number of rotatable bonds is 1. The van der Waals surface area contributed by atoms with Crippen LogP contribution < -0.4 is 10.6 Å². The summed E-state index contributed by atoms with van der Waals surface area (Å²) >= 11 is 0. The van der Waals surface area contributed by atoms with Crippen molar-refractivity contribution in [1.29, 1.82) is 0 Å². The summed E-state index contributed by atoms with van der Waals surface area (Å²) in [6, 6.07) is 5.85. The van der Waals surface area contributed by atoms with Crippen molar-refractivity contribution in [2.45, 2.75) is 19.3 Å². The number of fused-ring (bicyclic) bond motifs is 1. The number of ether oxygens (including phenoxy) is 1. The second-order valence-electron chi connectivity index (χ2n) is 5.01. The quantitative estimate of drug-likeness (QED) is 0.765. The van der Waals surface area contributed by atoms with Gasteiger partial charge in [0, 0.05) is 37.1 Å². The molecule has 3 rings (SSSR count). The highest BCUT2D eigenvalue weighted by Crippen LogP contribution is 2.32. The number of anilines is 2. The molecule has 1 aromatic rings. The Morgan fingerprint density at radius 2 is 2.11 bits per heavy atom. The Labute approximate surface area is 107 Å². The lowest BCUT2D eigenvalue weighted by molar-refractivity contribution is -0.125. The topological polar surface area (TPSA) is 55.6 Å². The molecule has 18 heavy (non-hydrogen) atoms. The fourth-order valence-electron chi connectivity index (χ4n) is 2.79. The molecule has 0 spiro atoms. The van der Waals surface area contributed by atoms with Crippen LogP contribution in [0.15, 0.2) is 18.2 Å². The van der Waals surface area contributed by atoms with Crippen LogP contribution in [0.4, 0.5) is 11.4 Å². The highest BCUT2D eigenvalue weighted by atomic mass is 16.5. The van der Waals surface area contributed by atoms with Crippen LogP contribution in [-0.2, 0) is 16.0 Å².